The molecule has 30 heavy (non-hydrogen) atoms. The summed E-state index contributed by atoms with van der Waals surface area (Å²) in [5, 5.41) is 1.24. The van der Waals surface area contributed by atoms with Crippen LogP contribution >= 0.6 is 0 Å². The van der Waals surface area contributed by atoms with Crippen molar-refractivity contribution in [1.82, 2.24) is 15.4 Å². The van der Waals surface area contributed by atoms with Gasteiger partial charge >= 0.3 is 0 Å². The Balaban J connectivity index is 1.14. The molecule has 0 bridgehead atoms. The van der Waals surface area contributed by atoms with Crippen molar-refractivity contribution >= 4 is 10.9 Å². The number of aromatic nitrogens is 1. The number of nitrogens with zero attached hydrogens (tertiary/aromatic N) is 1. The minimum Gasteiger partial charge on any atom is -0.497 e. The van der Waals surface area contributed by atoms with Crippen molar-refractivity contribution in [3.05, 3.63) is 59.8 Å². The fraction of sp³-hybridized carbons (Fsp3) is 0.417. The summed E-state index contributed by atoms with van der Waals surface area (Å²) in [6, 6.07) is 13.5. The quantitative estimate of drug-likeness (QED) is 0.563. The summed E-state index contributed by atoms with van der Waals surface area (Å²) >= 11 is 0. The lowest BCUT2D eigenvalue weighted by molar-refractivity contribution is 0.00190. The van der Waals surface area contributed by atoms with Crippen molar-refractivity contribution in [3.8, 4) is 11.5 Å². The molecular formula is C24H28FN3O2. The van der Waals surface area contributed by atoms with Crippen molar-refractivity contribution in [2.45, 2.75) is 31.5 Å². The summed E-state index contributed by atoms with van der Waals surface area (Å²) < 4.78 is 20.8. The summed E-state index contributed by atoms with van der Waals surface area (Å²) in [6.45, 7) is 3.01. The van der Waals surface area contributed by atoms with Crippen LogP contribution in [0.1, 0.15) is 30.4 Å². The zero-order valence-corrected chi connectivity index (χ0v) is 17.3. The summed E-state index contributed by atoms with van der Waals surface area (Å²) in [4.78, 5) is 11.2. The van der Waals surface area contributed by atoms with E-state index < -0.39 is 5.79 Å². The number of halogens is 1. The molecule has 1 aromatic heterocycles. The van der Waals surface area contributed by atoms with Gasteiger partial charge in [-0.05, 0) is 68.1 Å². The molecule has 3 aromatic rings. The Labute approximate surface area is 176 Å². The molecule has 0 aliphatic carbocycles. The average molecular weight is 410 g/mol. The van der Waals surface area contributed by atoms with Gasteiger partial charge in [0.2, 0.25) is 5.79 Å². The molecule has 158 valence electrons. The maximum absolute atomic E-state index is 15.5. The van der Waals surface area contributed by atoms with Gasteiger partial charge in [0.05, 0.1) is 12.7 Å². The smallest absolute Gasteiger partial charge is 0.221 e. The number of ether oxygens (including phenoxy) is 1. The van der Waals surface area contributed by atoms with Crippen LogP contribution in [-0.2, 0) is 12.2 Å². The van der Waals surface area contributed by atoms with E-state index in [0.717, 1.165) is 50.2 Å². The number of nitrogens with one attached hydrogen (secondary N) is 2. The van der Waals surface area contributed by atoms with Crippen molar-refractivity contribution < 1.29 is 14.0 Å². The molecule has 2 atom stereocenters. The molecule has 2 aliphatic heterocycles. The highest BCUT2D eigenvalue weighted by atomic mass is 19.1. The zero-order valence-electron chi connectivity index (χ0n) is 17.3. The van der Waals surface area contributed by atoms with Crippen LogP contribution in [0.2, 0.25) is 0 Å². The first-order valence-corrected chi connectivity index (χ1v) is 10.7. The molecule has 2 N–H and O–H groups in total. The summed E-state index contributed by atoms with van der Waals surface area (Å²) in [7, 11) is 1.70. The second kappa shape index (κ2) is 7.93. The Morgan fingerprint density at radius 3 is 3.07 bits per heavy atom. The fourth-order valence-electron chi connectivity index (χ4n) is 4.89. The molecule has 6 heteroatoms. The van der Waals surface area contributed by atoms with Crippen LogP contribution in [0.4, 0.5) is 4.39 Å². The Bertz CT molecular complexity index is 1040. The third kappa shape index (κ3) is 3.66. The van der Waals surface area contributed by atoms with E-state index in [1.807, 2.05) is 30.3 Å². The van der Waals surface area contributed by atoms with Gasteiger partial charge in [-0.2, -0.15) is 0 Å². The highest BCUT2D eigenvalue weighted by Crippen LogP contribution is 2.42. The lowest BCUT2D eigenvalue weighted by Gasteiger charge is -2.23. The number of likely N-dealkylation sites (tertiary alicyclic amines) is 1. The van der Waals surface area contributed by atoms with Crippen LogP contribution in [0, 0.1) is 5.92 Å². The van der Waals surface area contributed by atoms with Crippen LogP contribution < -0.4 is 15.1 Å². The van der Waals surface area contributed by atoms with E-state index in [1.54, 1.807) is 7.11 Å². The average Bonchev–Trinajstić information content (AvgIpc) is 3.47. The Kier molecular flexibility index (Phi) is 5.13. The van der Waals surface area contributed by atoms with E-state index >= 15 is 4.39 Å². The summed E-state index contributed by atoms with van der Waals surface area (Å²) in [6.07, 6.45) is 5.68. The second-order valence-corrected chi connectivity index (χ2v) is 8.49. The topological polar surface area (TPSA) is 49.5 Å². The summed E-state index contributed by atoms with van der Waals surface area (Å²) in [5.74, 6) is 0.233. The van der Waals surface area contributed by atoms with E-state index in [0.29, 0.717) is 23.7 Å². The van der Waals surface area contributed by atoms with Crippen molar-refractivity contribution in [3.63, 3.8) is 0 Å². The number of aromatic amines is 1. The molecule has 2 aromatic carbocycles. The molecule has 1 saturated heterocycles. The zero-order chi connectivity index (χ0) is 20.6. The highest BCUT2D eigenvalue weighted by Gasteiger charge is 2.43. The third-order valence-electron chi connectivity index (χ3n) is 6.47. The van der Waals surface area contributed by atoms with Gasteiger partial charge in [0, 0.05) is 30.1 Å². The molecule has 1 fully saturated rings. The molecule has 0 radical (unpaired) electrons. The normalized spacial score (nSPS) is 23.6. The standard InChI is InChI=1S/C24H28FN3O2/c1-29-19-8-9-22-20(13-19)18(15-26-22)5-4-11-28-12-10-17(16-28)14-24(25)21-6-2-3-7-23(21)30-27-24/h2-3,6-9,13,15,17,26-27H,4-5,10-12,14,16H2,1H3. The molecule has 2 unspecified atom stereocenters. The largest absolute Gasteiger partial charge is 0.497 e. The van der Waals surface area contributed by atoms with Gasteiger partial charge in [-0.3, -0.25) is 0 Å². The van der Waals surface area contributed by atoms with Gasteiger partial charge in [0.1, 0.15) is 5.75 Å². The van der Waals surface area contributed by atoms with Gasteiger partial charge in [-0.25, -0.2) is 4.39 Å². The molecule has 5 rings (SSSR count). The Morgan fingerprint density at radius 1 is 1.27 bits per heavy atom. The van der Waals surface area contributed by atoms with E-state index in [2.05, 4.69) is 33.7 Å². The SMILES string of the molecule is COc1ccc2[nH]cc(CCCN3CCC(CC4(F)NOc5ccccc54)C3)c2c1. The number of hydroxylamine groups is 1. The number of H-pyrrole nitrogens is 1. The Hall–Kier alpha value is -2.57. The van der Waals surface area contributed by atoms with Crippen molar-refractivity contribution in [1.29, 1.82) is 0 Å². The lowest BCUT2D eigenvalue weighted by atomic mass is 9.92. The number of alkyl halides is 1. The number of benzene rings is 2. The van der Waals surface area contributed by atoms with Gasteiger partial charge in [0.15, 0.2) is 5.75 Å². The minimum atomic E-state index is -1.58. The first kappa shape index (κ1) is 19.4. The van der Waals surface area contributed by atoms with Gasteiger partial charge < -0.3 is 19.5 Å². The number of rotatable bonds is 7. The third-order valence-corrected chi connectivity index (χ3v) is 6.47. The predicted octanol–water partition coefficient (Wildman–Crippen LogP) is 4.54. The van der Waals surface area contributed by atoms with Crippen LogP contribution in [0.5, 0.6) is 11.5 Å². The van der Waals surface area contributed by atoms with Crippen LogP contribution in [0.3, 0.4) is 0 Å². The Morgan fingerprint density at radius 2 is 2.17 bits per heavy atom. The number of hydrogen-bond donors (Lipinski definition) is 2. The fourth-order valence-corrected chi connectivity index (χ4v) is 4.89. The number of aryl methyl sites for hydroxylation is 1. The van der Waals surface area contributed by atoms with Gasteiger partial charge in [-0.15, -0.1) is 5.48 Å². The van der Waals surface area contributed by atoms with E-state index in [9.17, 15) is 0 Å². The molecule has 0 saturated carbocycles. The maximum atomic E-state index is 15.5. The van der Waals surface area contributed by atoms with Crippen LogP contribution in [-0.4, -0.2) is 36.6 Å². The molecule has 0 spiro atoms. The lowest BCUT2D eigenvalue weighted by Crippen LogP contribution is -2.36. The number of hydrogen-bond acceptors (Lipinski definition) is 4. The highest BCUT2D eigenvalue weighted by molar-refractivity contribution is 5.84. The van der Waals surface area contributed by atoms with Gasteiger partial charge in [-0.1, -0.05) is 18.2 Å². The van der Waals surface area contributed by atoms with Crippen molar-refractivity contribution in [2.75, 3.05) is 26.7 Å². The first-order valence-electron chi connectivity index (χ1n) is 10.7. The molecular weight excluding hydrogens is 381 g/mol. The molecule has 0 amide bonds. The van der Waals surface area contributed by atoms with Crippen molar-refractivity contribution in [2.24, 2.45) is 5.92 Å². The number of para-hydroxylation sites is 1. The monoisotopic (exact) mass is 409 g/mol. The second-order valence-electron chi connectivity index (χ2n) is 8.49. The predicted molar refractivity (Wildman–Crippen MR) is 115 cm³/mol. The number of methoxy groups -OCH3 is 1. The van der Waals surface area contributed by atoms with E-state index in [1.165, 1.54) is 10.9 Å². The first-order chi connectivity index (χ1) is 14.6. The number of fused-ring (bicyclic) bond motifs is 2. The summed E-state index contributed by atoms with van der Waals surface area (Å²) in [5.41, 5.74) is 5.72. The van der Waals surface area contributed by atoms with Gasteiger partial charge in [0.25, 0.3) is 0 Å². The van der Waals surface area contributed by atoms with E-state index in [-0.39, 0.29) is 0 Å². The molecule has 3 heterocycles. The van der Waals surface area contributed by atoms with E-state index in [4.69, 9.17) is 9.57 Å². The van der Waals surface area contributed by atoms with Crippen LogP contribution in [0.25, 0.3) is 10.9 Å². The molecule has 2 aliphatic rings. The minimum absolute atomic E-state index is 0.328. The maximum Gasteiger partial charge on any atom is 0.221 e. The molecule has 5 nitrogen and oxygen atoms in total. The van der Waals surface area contributed by atoms with Crippen LogP contribution in [0.15, 0.2) is 48.7 Å².